The molecule has 0 unspecified atom stereocenters. The molecule has 0 amide bonds. The SMILES string of the molecule is COc1ccc(N=[C]c2ccc([N+](=O)[O-])cc2)cc1. The average Bonchev–Trinajstić information content (AvgIpc) is 2.46. The van der Waals surface area contributed by atoms with Crippen LogP contribution in [0.2, 0.25) is 0 Å². The van der Waals surface area contributed by atoms with Gasteiger partial charge in [-0.25, -0.2) is 4.99 Å². The molecule has 0 aliphatic rings. The second-order valence-corrected chi connectivity index (χ2v) is 3.73. The number of benzene rings is 2. The van der Waals surface area contributed by atoms with Crippen molar-refractivity contribution in [1.29, 1.82) is 0 Å². The molecule has 5 nitrogen and oxygen atoms in total. The van der Waals surface area contributed by atoms with Crippen molar-refractivity contribution in [3.8, 4) is 5.75 Å². The summed E-state index contributed by atoms with van der Waals surface area (Å²) in [5, 5.41) is 10.5. The third-order valence-electron chi connectivity index (χ3n) is 2.46. The van der Waals surface area contributed by atoms with Crippen molar-refractivity contribution in [2.45, 2.75) is 0 Å². The smallest absolute Gasteiger partial charge is 0.269 e. The van der Waals surface area contributed by atoms with Crippen LogP contribution in [0.25, 0.3) is 0 Å². The zero-order valence-corrected chi connectivity index (χ0v) is 10.2. The molecule has 5 heteroatoms. The van der Waals surface area contributed by atoms with Gasteiger partial charge in [0.25, 0.3) is 5.69 Å². The van der Waals surface area contributed by atoms with Gasteiger partial charge in [0.2, 0.25) is 0 Å². The first-order valence-electron chi connectivity index (χ1n) is 5.54. The van der Waals surface area contributed by atoms with Crippen LogP contribution in [0.15, 0.2) is 53.5 Å². The maximum absolute atomic E-state index is 10.5. The Balaban J connectivity index is 2.10. The van der Waals surface area contributed by atoms with E-state index in [4.69, 9.17) is 4.74 Å². The Morgan fingerprint density at radius 3 is 2.26 bits per heavy atom. The van der Waals surface area contributed by atoms with Gasteiger partial charge in [-0.05, 0) is 36.4 Å². The number of methoxy groups -OCH3 is 1. The molecule has 0 fully saturated rings. The molecule has 0 bridgehead atoms. The molecule has 1 radical (unpaired) electrons. The Bertz CT molecular complexity index is 589. The van der Waals surface area contributed by atoms with Crippen molar-refractivity contribution in [3.05, 3.63) is 64.2 Å². The standard InChI is InChI=1S/C14H11N2O3/c1-19-14-8-4-12(5-9-14)15-10-11-2-6-13(7-3-11)16(17)18/h2-9H,1H3. The Morgan fingerprint density at radius 1 is 1.11 bits per heavy atom. The molecule has 19 heavy (non-hydrogen) atoms. The summed E-state index contributed by atoms with van der Waals surface area (Å²) >= 11 is 0. The third kappa shape index (κ3) is 3.38. The van der Waals surface area contributed by atoms with Crippen LogP contribution >= 0.6 is 0 Å². The highest BCUT2D eigenvalue weighted by atomic mass is 16.6. The van der Waals surface area contributed by atoms with Crippen LogP contribution in [0.3, 0.4) is 0 Å². The van der Waals surface area contributed by atoms with Crippen LogP contribution in [0.1, 0.15) is 5.56 Å². The summed E-state index contributed by atoms with van der Waals surface area (Å²) in [6.45, 7) is 0. The molecular weight excluding hydrogens is 244 g/mol. The summed E-state index contributed by atoms with van der Waals surface area (Å²) < 4.78 is 5.04. The van der Waals surface area contributed by atoms with E-state index in [1.807, 2.05) is 0 Å². The highest BCUT2D eigenvalue weighted by Gasteiger charge is 2.02. The van der Waals surface area contributed by atoms with E-state index in [-0.39, 0.29) is 5.69 Å². The molecular formula is C14H11N2O3. The summed E-state index contributed by atoms with van der Waals surface area (Å²) in [7, 11) is 1.60. The Kier molecular flexibility index (Phi) is 3.87. The molecule has 0 saturated heterocycles. The van der Waals surface area contributed by atoms with Gasteiger partial charge in [0.05, 0.1) is 23.9 Å². The monoisotopic (exact) mass is 255 g/mol. The molecule has 0 atom stereocenters. The van der Waals surface area contributed by atoms with E-state index in [9.17, 15) is 10.1 Å². The van der Waals surface area contributed by atoms with Crippen molar-refractivity contribution in [2.75, 3.05) is 7.11 Å². The van der Waals surface area contributed by atoms with Crippen LogP contribution in [0, 0.1) is 10.1 Å². The van der Waals surface area contributed by atoms with Gasteiger partial charge in [-0.3, -0.25) is 10.1 Å². The zero-order chi connectivity index (χ0) is 13.7. The first-order chi connectivity index (χ1) is 9.19. The summed E-state index contributed by atoms with van der Waals surface area (Å²) in [5.41, 5.74) is 1.47. The third-order valence-corrected chi connectivity index (χ3v) is 2.46. The Morgan fingerprint density at radius 2 is 1.74 bits per heavy atom. The van der Waals surface area contributed by atoms with Crippen LogP contribution < -0.4 is 4.74 Å². The normalized spacial score (nSPS) is 10.6. The van der Waals surface area contributed by atoms with Crippen molar-refractivity contribution in [3.63, 3.8) is 0 Å². The highest BCUT2D eigenvalue weighted by molar-refractivity contribution is 5.82. The van der Waals surface area contributed by atoms with Crippen LogP contribution in [0.4, 0.5) is 11.4 Å². The molecule has 2 aromatic rings. The summed E-state index contributed by atoms with van der Waals surface area (Å²) in [6, 6.07) is 13.3. The number of nitro benzene ring substituents is 1. The lowest BCUT2D eigenvalue weighted by atomic mass is 10.2. The zero-order valence-electron chi connectivity index (χ0n) is 10.2. The number of hydrogen-bond donors (Lipinski definition) is 0. The Labute approximate surface area is 110 Å². The van der Waals surface area contributed by atoms with Gasteiger partial charge in [0.1, 0.15) is 5.75 Å². The summed E-state index contributed by atoms with van der Waals surface area (Å²) in [4.78, 5) is 14.2. The van der Waals surface area contributed by atoms with E-state index in [1.54, 1.807) is 43.5 Å². The molecule has 0 spiro atoms. The van der Waals surface area contributed by atoms with Gasteiger partial charge in [-0.2, -0.15) is 0 Å². The van der Waals surface area contributed by atoms with E-state index in [2.05, 4.69) is 11.2 Å². The number of rotatable bonds is 4. The number of aliphatic imine (C=N–C) groups is 1. The fourth-order valence-corrected chi connectivity index (χ4v) is 1.44. The highest BCUT2D eigenvalue weighted by Crippen LogP contribution is 2.18. The number of ether oxygens (including phenoxy) is 1. The molecule has 0 aromatic heterocycles. The fraction of sp³-hybridized carbons (Fsp3) is 0.0714. The quantitative estimate of drug-likeness (QED) is 0.478. The van der Waals surface area contributed by atoms with Gasteiger partial charge < -0.3 is 4.74 Å². The lowest BCUT2D eigenvalue weighted by molar-refractivity contribution is -0.384. The minimum absolute atomic E-state index is 0.0509. The maximum atomic E-state index is 10.5. The van der Waals surface area contributed by atoms with Crippen molar-refractivity contribution >= 4 is 17.6 Å². The molecule has 0 aliphatic heterocycles. The average molecular weight is 255 g/mol. The Hall–Kier alpha value is -2.69. The lowest BCUT2D eigenvalue weighted by Gasteiger charge is -1.98. The van der Waals surface area contributed by atoms with Crippen molar-refractivity contribution in [2.24, 2.45) is 4.99 Å². The predicted octanol–water partition coefficient (Wildman–Crippen LogP) is 3.23. The first-order valence-corrected chi connectivity index (χ1v) is 5.54. The minimum Gasteiger partial charge on any atom is -0.497 e. The summed E-state index contributed by atoms with van der Waals surface area (Å²) in [6.07, 6.45) is 2.83. The number of hydrogen-bond acceptors (Lipinski definition) is 4. The van der Waals surface area contributed by atoms with Gasteiger partial charge in [0, 0.05) is 17.7 Å². The molecule has 0 heterocycles. The van der Waals surface area contributed by atoms with E-state index < -0.39 is 4.92 Å². The summed E-state index contributed by atoms with van der Waals surface area (Å²) in [5.74, 6) is 0.759. The molecule has 95 valence electrons. The predicted molar refractivity (Wildman–Crippen MR) is 72.3 cm³/mol. The molecule has 2 rings (SSSR count). The topological polar surface area (TPSA) is 64.7 Å². The van der Waals surface area contributed by atoms with E-state index in [1.165, 1.54) is 12.1 Å². The second-order valence-electron chi connectivity index (χ2n) is 3.73. The van der Waals surface area contributed by atoms with Crippen LogP contribution in [0.5, 0.6) is 5.75 Å². The second kappa shape index (κ2) is 5.77. The molecule has 2 aromatic carbocycles. The number of non-ortho nitro benzene ring substituents is 1. The van der Waals surface area contributed by atoms with E-state index >= 15 is 0 Å². The van der Waals surface area contributed by atoms with Gasteiger partial charge in [0.15, 0.2) is 0 Å². The van der Waals surface area contributed by atoms with E-state index in [0.29, 0.717) is 5.56 Å². The molecule has 0 N–H and O–H groups in total. The van der Waals surface area contributed by atoms with Gasteiger partial charge >= 0.3 is 0 Å². The first kappa shape index (κ1) is 12.8. The minimum atomic E-state index is -0.440. The molecule has 0 saturated carbocycles. The fourth-order valence-electron chi connectivity index (χ4n) is 1.44. The largest absolute Gasteiger partial charge is 0.497 e. The van der Waals surface area contributed by atoms with Crippen LogP contribution in [-0.2, 0) is 0 Å². The van der Waals surface area contributed by atoms with Crippen LogP contribution in [-0.4, -0.2) is 18.2 Å². The molecule has 0 aliphatic carbocycles. The van der Waals surface area contributed by atoms with Gasteiger partial charge in [-0.15, -0.1) is 0 Å². The van der Waals surface area contributed by atoms with Crippen molar-refractivity contribution in [1.82, 2.24) is 0 Å². The lowest BCUT2D eigenvalue weighted by Crippen LogP contribution is -1.88. The van der Waals surface area contributed by atoms with Crippen molar-refractivity contribution < 1.29 is 9.66 Å². The van der Waals surface area contributed by atoms with Gasteiger partial charge in [-0.1, -0.05) is 0 Å². The maximum Gasteiger partial charge on any atom is 0.269 e. The number of nitrogens with zero attached hydrogens (tertiary/aromatic N) is 2. The number of nitro groups is 1. The van der Waals surface area contributed by atoms with E-state index in [0.717, 1.165) is 11.4 Å².